The maximum absolute atomic E-state index is 12.2. The van der Waals surface area contributed by atoms with E-state index in [1.165, 1.54) is 5.56 Å². The molecule has 0 saturated heterocycles. The van der Waals surface area contributed by atoms with Crippen LogP contribution in [0.2, 0.25) is 0 Å². The molecule has 2 aliphatic carbocycles. The summed E-state index contributed by atoms with van der Waals surface area (Å²) in [5.41, 5.74) is 1.36. The van der Waals surface area contributed by atoms with Crippen LogP contribution in [0.5, 0.6) is 0 Å². The van der Waals surface area contributed by atoms with Crippen molar-refractivity contribution >= 4 is 17.7 Å². The Morgan fingerprint density at radius 1 is 1.18 bits per heavy atom. The maximum atomic E-state index is 12.2. The van der Waals surface area contributed by atoms with Gasteiger partial charge >= 0.3 is 0 Å². The molecule has 0 heterocycles. The Bertz CT molecular complexity index is 485. The number of aliphatic hydroxyl groups excluding tert-OH is 1. The number of carbonyl (C=O) groups excluding carboxylic acids is 1. The van der Waals surface area contributed by atoms with Crippen LogP contribution in [0, 0.1) is 11.8 Å². The van der Waals surface area contributed by atoms with E-state index in [1.807, 2.05) is 17.8 Å². The highest BCUT2D eigenvalue weighted by Gasteiger charge is 2.43. The zero-order valence-electron chi connectivity index (χ0n) is 12.9. The molecule has 2 aliphatic rings. The fourth-order valence-electron chi connectivity index (χ4n) is 3.18. The molecule has 1 amide bonds. The van der Waals surface area contributed by atoms with Crippen LogP contribution >= 0.6 is 11.8 Å². The van der Waals surface area contributed by atoms with E-state index >= 15 is 0 Å². The van der Waals surface area contributed by atoms with E-state index in [9.17, 15) is 9.90 Å². The molecule has 0 bridgehead atoms. The van der Waals surface area contributed by atoms with Gasteiger partial charge in [0.1, 0.15) is 0 Å². The topological polar surface area (TPSA) is 49.3 Å². The largest absolute Gasteiger partial charge is 0.393 e. The molecule has 2 saturated carbocycles. The molecular weight excluding hydrogens is 294 g/mol. The third-order valence-electron chi connectivity index (χ3n) is 4.75. The summed E-state index contributed by atoms with van der Waals surface area (Å²) in [4.78, 5) is 12.2. The van der Waals surface area contributed by atoms with Crippen molar-refractivity contribution in [3.63, 3.8) is 0 Å². The van der Waals surface area contributed by atoms with Gasteiger partial charge in [-0.3, -0.25) is 4.79 Å². The third-order valence-corrected chi connectivity index (χ3v) is 5.95. The van der Waals surface area contributed by atoms with E-state index in [4.69, 9.17) is 0 Å². The standard InChI is InChI=1S/C18H25NO2S/c20-16-8-6-15(7-9-16)19-18(21)17-10-14(17)12-22-11-13-4-2-1-3-5-13/h1-5,14-17,20H,6-12H2,(H,19,21)/t14-,15?,16?,17+/m0/s1. The Morgan fingerprint density at radius 3 is 2.64 bits per heavy atom. The SMILES string of the molecule is O=C(NC1CCC(O)CC1)[C@@H]1C[C@H]1CSCc1ccccc1. The van der Waals surface area contributed by atoms with E-state index in [2.05, 4.69) is 29.6 Å². The number of rotatable bonds is 6. The number of amides is 1. The summed E-state index contributed by atoms with van der Waals surface area (Å²) in [6, 6.07) is 10.8. The number of hydrogen-bond acceptors (Lipinski definition) is 3. The van der Waals surface area contributed by atoms with Crippen LogP contribution in [0.1, 0.15) is 37.7 Å². The molecule has 120 valence electrons. The minimum Gasteiger partial charge on any atom is -0.393 e. The Balaban J connectivity index is 1.32. The highest BCUT2D eigenvalue weighted by Crippen LogP contribution is 2.41. The smallest absolute Gasteiger partial charge is 0.223 e. The minimum atomic E-state index is -0.156. The first-order chi connectivity index (χ1) is 10.7. The quantitative estimate of drug-likeness (QED) is 0.847. The van der Waals surface area contributed by atoms with E-state index in [-0.39, 0.29) is 24.0 Å². The van der Waals surface area contributed by atoms with Crippen LogP contribution in [-0.2, 0) is 10.5 Å². The van der Waals surface area contributed by atoms with Crippen molar-refractivity contribution in [2.75, 3.05) is 5.75 Å². The second-order valence-corrected chi connectivity index (χ2v) is 7.65. The van der Waals surface area contributed by atoms with Gasteiger partial charge in [0.15, 0.2) is 0 Å². The number of thioether (sulfide) groups is 1. The lowest BCUT2D eigenvalue weighted by molar-refractivity contribution is -0.123. The van der Waals surface area contributed by atoms with Gasteiger partial charge in [0.25, 0.3) is 0 Å². The summed E-state index contributed by atoms with van der Waals surface area (Å²) in [5.74, 6) is 3.15. The average Bonchev–Trinajstić information content (AvgIpc) is 3.30. The molecule has 3 rings (SSSR count). The van der Waals surface area contributed by atoms with E-state index < -0.39 is 0 Å². The Morgan fingerprint density at radius 2 is 1.91 bits per heavy atom. The zero-order valence-corrected chi connectivity index (χ0v) is 13.7. The van der Waals surface area contributed by atoms with Gasteiger partial charge < -0.3 is 10.4 Å². The number of nitrogens with one attached hydrogen (secondary N) is 1. The Hall–Kier alpha value is -1.00. The fourth-order valence-corrected chi connectivity index (χ4v) is 4.40. The molecule has 1 aromatic carbocycles. The lowest BCUT2D eigenvalue weighted by Crippen LogP contribution is -2.39. The molecule has 2 atom stereocenters. The van der Waals surface area contributed by atoms with E-state index in [0.717, 1.165) is 43.6 Å². The summed E-state index contributed by atoms with van der Waals surface area (Å²) < 4.78 is 0. The molecule has 0 spiro atoms. The molecule has 0 aromatic heterocycles. The van der Waals surface area contributed by atoms with Crippen molar-refractivity contribution < 1.29 is 9.90 Å². The lowest BCUT2D eigenvalue weighted by atomic mass is 9.93. The average molecular weight is 319 g/mol. The first-order valence-corrected chi connectivity index (χ1v) is 9.48. The monoisotopic (exact) mass is 319 g/mol. The van der Waals surface area contributed by atoms with Crippen molar-refractivity contribution in [3.8, 4) is 0 Å². The minimum absolute atomic E-state index is 0.156. The summed E-state index contributed by atoms with van der Waals surface area (Å²) >= 11 is 1.93. The van der Waals surface area contributed by atoms with Crippen molar-refractivity contribution in [2.24, 2.45) is 11.8 Å². The molecule has 1 aromatic rings. The normalized spacial score (nSPS) is 30.8. The van der Waals surface area contributed by atoms with Crippen LogP contribution < -0.4 is 5.32 Å². The Labute approximate surface area is 136 Å². The molecule has 3 nitrogen and oxygen atoms in total. The van der Waals surface area contributed by atoms with Crippen LogP contribution in [0.25, 0.3) is 0 Å². The summed E-state index contributed by atoms with van der Waals surface area (Å²) in [6.45, 7) is 0. The maximum Gasteiger partial charge on any atom is 0.223 e. The van der Waals surface area contributed by atoms with Crippen LogP contribution in [0.15, 0.2) is 30.3 Å². The van der Waals surface area contributed by atoms with Crippen LogP contribution in [0.3, 0.4) is 0 Å². The van der Waals surface area contributed by atoms with Crippen LogP contribution in [-0.4, -0.2) is 28.9 Å². The first-order valence-electron chi connectivity index (χ1n) is 8.32. The van der Waals surface area contributed by atoms with Crippen molar-refractivity contribution in [3.05, 3.63) is 35.9 Å². The predicted octanol–water partition coefficient (Wildman–Crippen LogP) is 2.98. The van der Waals surface area contributed by atoms with Crippen molar-refractivity contribution in [2.45, 2.75) is 50.0 Å². The molecule has 4 heteroatoms. The second kappa shape index (κ2) is 7.51. The van der Waals surface area contributed by atoms with E-state index in [0.29, 0.717) is 5.92 Å². The molecule has 22 heavy (non-hydrogen) atoms. The number of carbonyl (C=O) groups is 1. The fraction of sp³-hybridized carbons (Fsp3) is 0.611. The van der Waals surface area contributed by atoms with Crippen LogP contribution in [0.4, 0.5) is 0 Å². The lowest BCUT2D eigenvalue weighted by Gasteiger charge is -2.26. The first kappa shape index (κ1) is 15.9. The van der Waals surface area contributed by atoms with Gasteiger partial charge in [-0.2, -0.15) is 11.8 Å². The molecule has 0 aliphatic heterocycles. The highest BCUT2D eigenvalue weighted by atomic mass is 32.2. The van der Waals surface area contributed by atoms with Gasteiger partial charge in [-0.15, -0.1) is 0 Å². The van der Waals surface area contributed by atoms with Gasteiger partial charge in [0, 0.05) is 17.7 Å². The second-order valence-electron chi connectivity index (χ2n) is 6.62. The van der Waals surface area contributed by atoms with Crippen molar-refractivity contribution in [1.29, 1.82) is 0 Å². The van der Waals surface area contributed by atoms with Gasteiger partial charge in [-0.1, -0.05) is 30.3 Å². The predicted molar refractivity (Wildman–Crippen MR) is 90.6 cm³/mol. The number of benzene rings is 1. The summed E-state index contributed by atoms with van der Waals surface area (Å²) in [6.07, 6.45) is 4.39. The molecule has 0 radical (unpaired) electrons. The Kier molecular flexibility index (Phi) is 5.42. The zero-order chi connectivity index (χ0) is 15.4. The number of aliphatic hydroxyl groups is 1. The van der Waals surface area contributed by atoms with E-state index in [1.54, 1.807) is 0 Å². The number of hydrogen-bond donors (Lipinski definition) is 2. The summed E-state index contributed by atoms with van der Waals surface area (Å²) in [7, 11) is 0. The van der Waals surface area contributed by atoms with Gasteiger partial charge in [0.05, 0.1) is 6.10 Å². The molecule has 0 unspecified atom stereocenters. The summed E-state index contributed by atoms with van der Waals surface area (Å²) in [5, 5.41) is 12.7. The molecule has 2 N–H and O–H groups in total. The molecular formula is C18H25NO2S. The molecule has 2 fully saturated rings. The van der Waals surface area contributed by atoms with Crippen molar-refractivity contribution in [1.82, 2.24) is 5.32 Å². The highest BCUT2D eigenvalue weighted by molar-refractivity contribution is 7.98. The third kappa shape index (κ3) is 4.50. The van der Waals surface area contributed by atoms with Gasteiger partial charge in [0.2, 0.25) is 5.91 Å². The van der Waals surface area contributed by atoms with Gasteiger partial charge in [-0.25, -0.2) is 0 Å². The van der Waals surface area contributed by atoms with Gasteiger partial charge in [-0.05, 0) is 49.3 Å².